The van der Waals surface area contributed by atoms with Crippen molar-refractivity contribution in [2.45, 2.75) is 0 Å². The minimum atomic E-state index is 0. The van der Waals surface area contributed by atoms with Crippen molar-refractivity contribution in [3.63, 3.8) is 0 Å². The van der Waals surface area contributed by atoms with Crippen LogP contribution in [0.2, 0.25) is 0 Å². The standard InChI is InChI=1S/C48H31N5O.Pt/c1-50-32-51(45-26-13-29-49-48(45)50)37-19-10-21-39(30-37)54-40-22-11-20-38(31-40)52-33-53(47-43-23-9-8-18-36(43)27-28-44(47)52)46-41(34-14-4-2-5-15-34)24-12-25-42(46)35-16-6-3-7-17-35;/h2-29H,1H3;/q2*+2. The molecule has 0 atom stereocenters. The predicted octanol–water partition coefficient (Wildman–Crippen LogP) is 11.1. The number of pyridine rings is 1. The van der Waals surface area contributed by atoms with E-state index in [1.165, 1.54) is 0 Å². The Bertz CT molecular complexity index is 2890. The molecule has 0 radical (unpaired) electrons. The molecule has 0 N–H and O–H groups in total. The smallest absolute Gasteiger partial charge is 0.509 e. The maximum atomic E-state index is 6.45. The van der Waals surface area contributed by atoms with Crippen molar-refractivity contribution in [1.29, 1.82) is 0 Å². The third kappa shape index (κ3) is 6.05. The molecule has 0 fully saturated rings. The van der Waals surface area contributed by atoms with Gasteiger partial charge in [0.1, 0.15) is 12.7 Å². The Hall–Kier alpha value is -6.80. The molecule has 8 aromatic rings. The molecule has 0 saturated heterocycles. The van der Waals surface area contributed by atoms with Crippen LogP contribution in [0.1, 0.15) is 0 Å². The van der Waals surface area contributed by atoms with Crippen molar-refractivity contribution in [2.24, 2.45) is 0 Å². The monoisotopic (exact) mass is 888 g/mol. The molecule has 0 saturated carbocycles. The zero-order valence-electron chi connectivity index (χ0n) is 29.6. The van der Waals surface area contributed by atoms with Crippen molar-refractivity contribution < 1.29 is 30.4 Å². The second-order valence-corrected chi connectivity index (χ2v) is 13.1. The average molecular weight is 889 g/mol. The van der Waals surface area contributed by atoms with Crippen molar-refractivity contribution in [1.82, 2.24) is 18.7 Å². The second kappa shape index (κ2) is 14.2. The van der Waals surface area contributed by atoms with Crippen LogP contribution in [0.5, 0.6) is 11.5 Å². The molecule has 0 bridgehead atoms. The average Bonchev–Trinajstić information content (AvgIpc) is 3.80. The van der Waals surface area contributed by atoms with E-state index in [0.717, 1.165) is 73.0 Å². The third-order valence-electron chi connectivity index (χ3n) is 9.76. The van der Waals surface area contributed by atoms with E-state index in [9.17, 15) is 0 Å². The van der Waals surface area contributed by atoms with Gasteiger partial charge < -0.3 is 4.74 Å². The van der Waals surface area contributed by atoms with E-state index < -0.39 is 0 Å². The van der Waals surface area contributed by atoms with Crippen LogP contribution in [0.4, 0.5) is 39.9 Å². The number of aromatic nitrogens is 1. The summed E-state index contributed by atoms with van der Waals surface area (Å²) in [6.07, 6.45) is 1.78. The van der Waals surface area contributed by atoms with Gasteiger partial charge in [-0.15, -0.1) is 27.4 Å². The van der Waals surface area contributed by atoms with Gasteiger partial charge in [0.2, 0.25) is 5.69 Å². The number of hydrogen-bond acceptors (Lipinski definition) is 2. The summed E-state index contributed by atoms with van der Waals surface area (Å²) in [5.74, 6) is 1.96. The molecule has 0 amide bonds. The summed E-state index contributed by atoms with van der Waals surface area (Å²) < 4.78 is 14.6. The first-order valence-corrected chi connectivity index (χ1v) is 17.8. The summed E-state index contributed by atoms with van der Waals surface area (Å²) in [5, 5.41) is 2.28. The van der Waals surface area contributed by atoms with Gasteiger partial charge in [0.25, 0.3) is 11.4 Å². The van der Waals surface area contributed by atoms with Crippen LogP contribution in [0.3, 0.4) is 0 Å². The number of ether oxygens (including phenoxy) is 1. The van der Waals surface area contributed by atoms with Crippen molar-refractivity contribution >= 4 is 62.7 Å². The van der Waals surface area contributed by atoms with Gasteiger partial charge in [-0.05, 0) is 51.4 Å². The Labute approximate surface area is 333 Å². The number of rotatable bonds is 7. The molecule has 2 aliphatic rings. The van der Waals surface area contributed by atoms with Crippen LogP contribution in [-0.4, -0.2) is 28.6 Å². The van der Waals surface area contributed by atoms with Crippen LogP contribution in [0, 0.1) is 12.1 Å². The summed E-state index contributed by atoms with van der Waals surface area (Å²) in [6.45, 7) is 0. The maximum Gasteiger partial charge on any atom is 2.00 e. The minimum Gasteiger partial charge on any atom is -0.509 e. The van der Waals surface area contributed by atoms with E-state index in [2.05, 4.69) is 154 Å². The molecular weight excluding hydrogens is 858 g/mol. The first-order valence-electron chi connectivity index (χ1n) is 17.8. The molecule has 10 rings (SSSR count). The zero-order chi connectivity index (χ0) is 36.0. The largest absolute Gasteiger partial charge is 2.00 e. The van der Waals surface area contributed by atoms with Crippen LogP contribution in [0.25, 0.3) is 33.0 Å². The SMILES string of the molecule is C[N+]1=C=[N+](c2[c-]c(Oc3[c-]c([N+]4=C=[N+](c5c(-c6ccccc6)cccc5-c5ccccc5)c5c4ccc4ccccc54)ccc3)ccc2)c2cccnc21.[Pt+2]. The molecule has 6 nitrogen and oxygen atoms in total. The van der Waals surface area contributed by atoms with Gasteiger partial charge in [0.15, 0.2) is 6.20 Å². The van der Waals surface area contributed by atoms with Crippen LogP contribution < -0.4 is 18.5 Å². The van der Waals surface area contributed by atoms with Crippen molar-refractivity contribution in [3.05, 3.63) is 182 Å². The van der Waals surface area contributed by atoms with Gasteiger partial charge in [-0.25, -0.2) is 0 Å². The van der Waals surface area contributed by atoms with Crippen LogP contribution >= 0.6 is 0 Å². The molecule has 260 valence electrons. The Morgan fingerprint density at radius 1 is 0.509 bits per heavy atom. The van der Waals surface area contributed by atoms with E-state index >= 15 is 0 Å². The van der Waals surface area contributed by atoms with Crippen LogP contribution in [-0.2, 0) is 21.1 Å². The summed E-state index contributed by atoms with van der Waals surface area (Å²) >= 11 is 0. The van der Waals surface area contributed by atoms with Gasteiger partial charge in [-0.2, -0.15) is 12.1 Å². The first-order chi connectivity index (χ1) is 26.7. The number of hydrogen-bond donors (Lipinski definition) is 0. The van der Waals surface area contributed by atoms with Gasteiger partial charge in [0.05, 0.1) is 22.2 Å². The molecular formula is C48H31N5OPt+4. The molecule has 55 heavy (non-hydrogen) atoms. The quantitative estimate of drug-likeness (QED) is 0.118. The maximum absolute atomic E-state index is 6.45. The minimum absolute atomic E-state index is 0. The zero-order valence-corrected chi connectivity index (χ0v) is 31.9. The van der Waals surface area contributed by atoms with Crippen molar-refractivity contribution in [3.8, 4) is 33.8 Å². The molecule has 7 aromatic carbocycles. The Morgan fingerprint density at radius 2 is 1.11 bits per heavy atom. The fourth-order valence-corrected chi connectivity index (χ4v) is 7.32. The normalized spacial score (nSPS) is 12.5. The third-order valence-corrected chi connectivity index (χ3v) is 9.76. The van der Waals surface area contributed by atoms with Gasteiger partial charge in [-0.1, -0.05) is 108 Å². The van der Waals surface area contributed by atoms with E-state index in [1.807, 2.05) is 64.7 Å². The van der Waals surface area contributed by atoms with Gasteiger partial charge in [-0.3, -0.25) is 0 Å². The fourth-order valence-electron chi connectivity index (χ4n) is 7.32. The molecule has 7 heteroatoms. The van der Waals surface area contributed by atoms with Crippen molar-refractivity contribution in [2.75, 3.05) is 7.05 Å². The summed E-state index contributed by atoms with van der Waals surface area (Å²) in [5.41, 5.74) is 10.1. The van der Waals surface area contributed by atoms with E-state index in [4.69, 9.17) is 4.74 Å². The molecule has 3 heterocycles. The van der Waals surface area contributed by atoms with E-state index in [1.54, 1.807) is 6.20 Å². The van der Waals surface area contributed by atoms with Gasteiger partial charge >= 0.3 is 44.6 Å². The molecule has 2 aliphatic heterocycles. The number of fused-ring (bicyclic) bond motifs is 4. The Morgan fingerprint density at radius 3 is 1.78 bits per heavy atom. The van der Waals surface area contributed by atoms with E-state index in [-0.39, 0.29) is 21.1 Å². The predicted molar refractivity (Wildman–Crippen MR) is 216 cm³/mol. The number of benzene rings is 7. The van der Waals surface area contributed by atoms with Crippen LogP contribution in [0.15, 0.2) is 170 Å². The summed E-state index contributed by atoms with van der Waals surface area (Å²) in [6, 6.07) is 70.4. The topological polar surface area (TPSA) is 34.2 Å². The molecule has 0 unspecified atom stereocenters. The fraction of sp³-hybridized carbons (Fsp3) is 0.0208. The number of nitrogens with zero attached hydrogens (tertiary/aromatic N) is 5. The number of para-hydroxylation sites is 1. The molecule has 1 aromatic heterocycles. The van der Waals surface area contributed by atoms with Gasteiger partial charge in [0, 0.05) is 28.6 Å². The first kappa shape index (κ1) is 34.0. The molecule has 0 spiro atoms. The van der Waals surface area contributed by atoms with E-state index in [0.29, 0.717) is 11.5 Å². The Kier molecular flexibility index (Phi) is 8.78. The second-order valence-electron chi connectivity index (χ2n) is 13.1. The molecule has 0 aliphatic carbocycles. The summed E-state index contributed by atoms with van der Waals surface area (Å²) in [4.78, 5) is 4.51. The Balaban J connectivity index is 0.00000397. The summed E-state index contributed by atoms with van der Waals surface area (Å²) in [7, 11) is 1.93.